The third-order valence-electron chi connectivity index (χ3n) is 5.37. The van der Waals surface area contributed by atoms with Crippen LogP contribution >= 0.6 is 11.6 Å². The van der Waals surface area contributed by atoms with Gasteiger partial charge in [0, 0.05) is 21.7 Å². The largest absolute Gasteiger partial charge is 0.455 e. The van der Waals surface area contributed by atoms with Gasteiger partial charge in [-0.1, -0.05) is 48.0 Å². The van der Waals surface area contributed by atoms with E-state index >= 15 is 0 Å². The number of benzene rings is 3. The molecule has 1 heterocycles. The molecule has 0 fully saturated rings. The molecule has 1 N–H and O–H groups in total. The van der Waals surface area contributed by atoms with Crippen molar-refractivity contribution in [2.24, 2.45) is 0 Å². The fraction of sp³-hybridized carbons (Fsp3) is 0.154. The van der Waals surface area contributed by atoms with Gasteiger partial charge < -0.3 is 9.73 Å². The Morgan fingerprint density at radius 2 is 1.81 bits per heavy atom. The van der Waals surface area contributed by atoms with E-state index in [1.54, 1.807) is 25.1 Å². The maximum absolute atomic E-state index is 13.2. The molecule has 0 amide bonds. The molecule has 4 aromatic rings. The minimum Gasteiger partial charge on any atom is -0.455 e. The van der Waals surface area contributed by atoms with Crippen molar-refractivity contribution in [1.82, 2.24) is 0 Å². The molecule has 5 heteroatoms. The predicted octanol–water partition coefficient (Wildman–Crippen LogP) is 6.78. The molecule has 0 spiro atoms. The average Bonchev–Trinajstić information content (AvgIpc) is 2.77. The first-order valence-electron chi connectivity index (χ1n) is 9.98. The van der Waals surface area contributed by atoms with E-state index in [-0.39, 0.29) is 11.5 Å². The first-order chi connectivity index (χ1) is 14.9. The Kier molecular flexibility index (Phi) is 5.54. The van der Waals surface area contributed by atoms with E-state index in [0.29, 0.717) is 38.6 Å². The van der Waals surface area contributed by atoms with Crippen molar-refractivity contribution in [2.75, 3.05) is 5.32 Å². The van der Waals surface area contributed by atoms with Gasteiger partial charge in [-0.15, -0.1) is 0 Å². The molecule has 0 saturated heterocycles. The van der Waals surface area contributed by atoms with Crippen molar-refractivity contribution in [3.05, 3.63) is 98.2 Å². The number of halogens is 1. The maximum Gasteiger partial charge on any atom is 0.196 e. The van der Waals surface area contributed by atoms with Gasteiger partial charge in [0.2, 0.25) is 0 Å². The average molecular weight is 429 g/mol. The van der Waals surface area contributed by atoms with E-state index in [2.05, 4.69) is 11.4 Å². The van der Waals surface area contributed by atoms with Crippen molar-refractivity contribution in [1.29, 1.82) is 5.26 Å². The Labute approximate surface area is 185 Å². The van der Waals surface area contributed by atoms with Crippen LogP contribution in [0.1, 0.15) is 35.2 Å². The number of fused-ring (bicyclic) bond motifs is 1. The lowest BCUT2D eigenvalue weighted by Crippen LogP contribution is -2.13. The zero-order valence-corrected chi connectivity index (χ0v) is 18.2. The molecule has 1 aromatic heterocycles. The Bertz CT molecular complexity index is 1380. The lowest BCUT2D eigenvalue weighted by Gasteiger charge is -2.19. The van der Waals surface area contributed by atoms with E-state index < -0.39 is 0 Å². The number of hydrogen-bond donors (Lipinski definition) is 1. The number of nitrogens with zero attached hydrogens (tertiary/aromatic N) is 1. The van der Waals surface area contributed by atoms with Crippen molar-refractivity contribution in [3.63, 3.8) is 0 Å². The van der Waals surface area contributed by atoms with Crippen molar-refractivity contribution < 1.29 is 4.42 Å². The monoisotopic (exact) mass is 428 g/mol. The molecular weight excluding hydrogens is 408 g/mol. The topological polar surface area (TPSA) is 66.0 Å². The quantitative estimate of drug-likeness (QED) is 0.389. The van der Waals surface area contributed by atoms with E-state index in [1.165, 1.54) is 0 Å². The lowest BCUT2D eigenvalue weighted by atomic mass is 9.98. The molecule has 3 aromatic carbocycles. The molecule has 0 bridgehead atoms. The maximum atomic E-state index is 13.2. The zero-order valence-electron chi connectivity index (χ0n) is 17.5. The minimum atomic E-state index is -0.217. The highest BCUT2D eigenvalue weighted by Gasteiger charge is 2.19. The van der Waals surface area contributed by atoms with Gasteiger partial charge in [0.1, 0.15) is 17.4 Å². The predicted molar refractivity (Wildman–Crippen MR) is 126 cm³/mol. The van der Waals surface area contributed by atoms with E-state index in [4.69, 9.17) is 16.0 Å². The van der Waals surface area contributed by atoms with Crippen molar-refractivity contribution >= 4 is 28.3 Å². The molecule has 0 aliphatic rings. The summed E-state index contributed by atoms with van der Waals surface area (Å²) in [5.41, 5.74) is 4.89. The first kappa shape index (κ1) is 20.7. The number of hydrogen-bond acceptors (Lipinski definition) is 4. The third kappa shape index (κ3) is 3.93. The summed E-state index contributed by atoms with van der Waals surface area (Å²) in [6.07, 6.45) is 0. The highest BCUT2D eigenvalue weighted by atomic mass is 35.5. The van der Waals surface area contributed by atoms with E-state index in [1.807, 2.05) is 56.3 Å². The molecule has 31 heavy (non-hydrogen) atoms. The molecule has 4 nitrogen and oxygen atoms in total. The van der Waals surface area contributed by atoms with Crippen LogP contribution in [0.2, 0.25) is 5.02 Å². The molecular formula is C26H21ClN2O2. The molecule has 1 unspecified atom stereocenters. The number of rotatable bonds is 4. The van der Waals surface area contributed by atoms with Gasteiger partial charge in [-0.25, -0.2) is 0 Å². The van der Waals surface area contributed by atoms with Crippen LogP contribution in [0.5, 0.6) is 0 Å². The van der Waals surface area contributed by atoms with Gasteiger partial charge >= 0.3 is 0 Å². The molecule has 1 atom stereocenters. The molecule has 0 aliphatic carbocycles. The molecule has 0 saturated carbocycles. The summed E-state index contributed by atoms with van der Waals surface area (Å²) in [6, 6.07) is 20.6. The Morgan fingerprint density at radius 3 is 2.52 bits per heavy atom. The second kappa shape index (κ2) is 8.29. The van der Waals surface area contributed by atoms with Gasteiger partial charge in [-0.05, 0) is 50.6 Å². The molecule has 154 valence electrons. The van der Waals surface area contributed by atoms with Gasteiger partial charge in [0.05, 0.1) is 22.7 Å². The fourth-order valence-electron chi connectivity index (χ4n) is 3.80. The molecule has 0 radical (unpaired) electrons. The lowest BCUT2D eigenvalue weighted by molar-refractivity contribution is 0.605. The van der Waals surface area contributed by atoms with Gasteiger partial charge in [-0.3, -0.25) is 4.79 Å². The summed E-state index contributed by atoms with van der Waals surface area (Å²) in [6.45, 7) is 5.73. The zero-order chi connectivity index (χ0) is 22.1. The fourth-order valence-corrected chi connectivity index (χ4v) is 3.97. The van der Waals surface area contributed by atoms with Crippen LogP contribution in [0.4, 0.5) is 5.69 Å². The summed E-state index contributed by atoms with van der Waals surface area (Å²) < 4.78 is 6.35. The van der Waals surface area contributed by atoms with Crippen LogP contribution < -0.4 is 10.7 Å². The number of anilines is 1. The van der Waals surface area contributed by atoms with Crippen LogP contribution in [0.25, 0.3) is 22.3 Å². The van der Waals surface area contributed by atoms with Gasteiger partial charge in [-0.2, -0.15) is 5.26 Å². The summed E-state index contributed by atoms with van der Waals surface area (Å²) in [5, 5.41) is 13.9. The second-order valence-electron chi connectivity index (χ2n) is 7.65. The highest BCUT2D eigenvalue weighted by Crippen LogP contribution is 2.32. The summed E-state index contributed by atoms with van der Waals surface area (Å²) in [7, 11) is 0. The van der Waals surface area contributed by atoms with Crippen LogP contribution in [-0.2, 0) is 0 Å². The van der Waals surface area contributed by atoms with Crippen molar-refractivity contribution in [2.45, 2.75) is 26.8 Å². The first-order valence-corrected chi connectivity index (χ1v) is 10.4. The smallest absolute Gasteiger partial charge is 0.196 e. The normalized spacial score (nSPS) is 11.8. The van der Waals surface area contributed by atoms with Crippen LogP contribution in [-0.4, -0.2) is 0 Å². The third-order valence-corrected chi connectivity index (χ3v) is 5.60. The number of aryl methyl sites for hydroxylation is 1. The SMILES string of the molecule is Cc1cc(C(C)Nc2ccc(Cl)cc2C#N)c2oc(-c3ccccc3)c(C)c(=O)c2c1. The number of nitriles is 1. The minimum absolute atomic E-state index is 0.0403. The Morgan fingerprint density at radius 1 is 1.06 bits per heavy atom. The van der Waals surface area contributed by atoms with Crippen LogP contribution in [0.3, 0.4) is 0 Å². The van der Waals surface area contributed by atoms with E-state index in [9.17, 15) is 10.1 Å². The Hall–Kier alpha value is -3.55. The van der Waals surface area contributed by atoms with Crippen molar-refractivity contribution in [3.8, 4) is 17.4 Å². The summed E-state index contributed by atoms with van der Waals surface area (Å²) >= 11 is 6.03. The van der Waals surface area contributed by atoms with Crippen LogP contribution in [0.15, 0.2) is 69.9 Å². The molecule has 4 rings (SSSR count). The Balaban J connectivity index is 1.89. The molecule has 0 aliphatic heterocycles. The second-order valence-corrected chi connectivity index (χ2v) is 8.09. The summed E-state index contributed by atoms with van der Waals surface area (Å²) in [5.74, 6) is 0.569. The number of nitrogens with one attached hydrogen (secondary N) is 1. The van der Waals surface area contributed by atoms with Gasteiger partial charge in [0.25, 0.3) is 0 Å². The van der Waals surface area contributed by atoms with Crippen LogP contribution in [0, 0.1) is 25.2 Å². The van der Waals surface area contributed by atoms with E-state index in [0.717, 1.165) is 16.7 Å². The standard InChI is InChI=1S/C26H21ClN2O2/c1-15-11-21(17(3)29-23-10-9-20(27)13-19(23)14-28)26-22(12-15)24(30)16(2)25(31-26)18-7-5-4-6-8-18/h4-13,17,29H,1-3H3. The summed E-state index contributed by atoms with van der Waals surface area (Å²) in [4.78, 5) is 13.2. The van der Waals surface area contributed by atoms with Gasteiger partial charge in [0.15, 0.2) is 5.43 Å². The highest BCUT2D eigenvalue weighted by molar-refractivity contribution is 6.30.